The number of benzene rings is 1. The van der Waals surface area contributed by atoms with Crippen LogP contribution in [0.15, 0.2) is 60.9 Å². The van der Waals surface area contributed by atoms with Gasteiger partial charge in [-0.05, 0) is 36.4 Å². The van der Waals surface area contributed by atoms with E-state index in [1.165, 1.54) is 6.07 Å². The van der Waals surface area contributed by atoms with Crippen LogP contribution in [0, 0.1) is 11.6 Å². The fraction of sp³-hybridized carbons (Fsp3) is 0.190. The summed E-state index contributed by atoms with van der Waals surface area (Å²) in [7, 11) is 0. The number of carbonyl (C=O) groups is 1. The quantitative estimate of drug-likeness (QED) is 0.734. The largest absolute Gasteiger partial charge is 0.367 e. The highest BCUT2D eigenvalue weighted by Crippen LogP contribution is 2.19. The van der Waals surface area contributed by atoms with Crippen molar-refractivity contribution in [1.29, 1.82) is 0 Å². The number of nitrogens with zero attached hydrogens (tertiary/aromatic N) is 4. The fourth-order valence-corrected chi connectivity index (χ4v) is 3.21. The fourth-order valence-electron chi connectivity index (χ4n) is 3.21. The van der Waals surface area contributed by atoms with Crippen LogP contribution in [-0.4, -0.2) is 42.1 Å². The molecule has 8 heteroatoms. The van der Waals surface area contributed by atoms with Gasteiger partial charge in [-0.25, -0.2) is 18.7 Å². The van der Waals surface area contributed by atoms with Gasteiger partial charge in [-0.3, -0.25) is 4.79 Å². The number of anilines is 3. The number of halogens is 2. The average Bonchev–Trinajstić information content (AvgIpc) is 2.77. The highest BCUT2D eigenvalue weighted by Gasteiger charge is 2.19. The van der Waals surface area contributed by atoms with E-state index >= 15 is 0 Å². The van der Waals surface area contributed by atoms with Gasteiger partial charge in [0.2, 0.25) is 0 Å². The molecule has 0 spiro atoms. The van der Waals surface area contributed by atoms with Crippen LogP contribution in [0.2, 0.25) is 0 Å². The Hall–Kier alpha value is -3.55. The van der Waals surface area contributed by atoms with Crippen molar-refractivity contribution in [1.82, 2.24) is 9.97 Å². The van der Waals surface area contributed by atoms with Crippen LogP contribution in [0.4, 0.5) is 26.0 Å². The molecule has 148 valence electrons. The zero-order valence-corrected chi connectivity index (χ0v) is 15.6. The molecule has 4 rings (SSSR count). The summed E-state index contributed by atoms with van der Waals surface area (Å²) in [4.78, 5) is 25.3. The molecular weight excluding hydrogens is 376 g/mol. The van der Waals surface area contributed by atoms with Gasteiger partial charge in [0.05, 0.1) is 11.9 Å². The van der Waals surface area contributed by atoms with Gasteiger partial charge in [-0.1, -0.05) is 6.07 Å². The third-order valence-electron chi connectivity index (χ3n) is 4.78. The van der Waals surface area contributed by atoms with Crippen LogP contribution in [0.5, 0.6) is 0 Å². The lowest BCUT2D eigenvalue weighted by Gasteiger charge is -2.36. The smallest absolute Gasteiger partial charge is 0.274 e. The molecule has 1 fully saturated rings. The molecule has 0 unspecified atom stereocenters. The molecule has 0 aliphatic carbocycles. The number of pyridine rings is 2. The summed E-state index contributed by atoms with van der Waals surface area (Å²) in [5.41, 5.74) is 1.30. The highest BCUT2D eigenvalue weighted by atomic mass is 19.2. The molecule has 1 aliphatic heterocycles. The molecule has 1 saturated heterocycles. The van der Waals surface area contributed by atoms with Crippen molar-refractivity contribution < 1.29 is 13.6 Å². The Bertz CT molecular complexity index is 990. The molecule has 29 heavy (non-hydrogen) atoms. The summed E-state index contributed by atoms with van der Waals surface area (Å²) in [6.07, 6.45) is 3.44. The molecule has 3 aromatic rings. The Morgan fingerprint density at radius 2 is 1.69 bits per heavy atom. The molecule has 1 aromatic carbocycles. The standard InChI is InChI=1S/C21H19F2N5O/c22-17-6-4-15(13-18(17)23)26-21(29)19-7-5-16(14-25-19)27-9-11-28(12-10-27)20-3-1-2-8-24-20/h1-8,13-14H,9-12H2,(H,26,29). The first kappa shape index (κ1) is 18.8. The SMILES string of the molecule is O=C(Nc1ccc(F)c(F)c1)c1ccc(N2CCN(c3ccccn3)CC2)cn1. The van der Waals surface area contributed by atoms with Gasteiger partial charge < -0.3 is 15.1 Å². The maximum Gasteiger partial charge on any atom is 0.274 e. The van der Waals surface area contributed by atoms with Gasteiger partial charge in [0.15, 0.2) is 11.6 Å². The van der Waals surface area contributed by atoms with Crippen molar-refractivity contribution in [2.24, 2.45) is 0 Å². The van der Waals surface area contributed by atoms with Gasteiger partial charge in [0.25, 0.3) is 5.91 Å². The summed E-state index contributed by atoms with van der Waals surface area (Å²) in [6.45, 7) is 3.32. The molecule has 1 amide bonds. The number of rotatable bonds is 4. The third-order valence-corrected chi connectivity index (χ3v) is 4.78. The van der Waals surface area contributed by atoms with Gasteiger partial charge in [0, 0.05) is 44.1 Å². The van der Waals surface area contributed by atoms with Crippen LogP contribution in [0.3, 0.4) is 0 Å². The van der Waals surface area contributed by atoms with E-state index < -0.39 is 17.5 Å². The highest BCUT2D eigenvalue weighted by molar-refractivity contribution is 6.02. The first-order valence-corrected chi connectivity index (χ1v) is 9.23. The molecule has 0 radical (unpaired) electrons. The number of aromatic nitrogens is 2. The maximum atomic E-state index is 13.3. The van der Waals surface area contributed by atoms with Gasteiger partial charge in [0.1, 0.15) is 11.5 Å². The average molecular weight is 395 g/mol. The van der Waals surface area contributed by atoms with Crippen molar-refractivity contribution in [3.8, 4) is 0 Å². The summed E-state index contributed by atoms with van der Waals surface area (Å²) >= 11 is 0. The third kappa shape index (κ3) is 4.31. The molecule has 2 aromatic heterocycles. The van der Waals surface area contributed by atoms with Gasteiger partial charge >= 0.3 is 0 Å². The van der Waals surface area contributed by atoms with Crippen LogP contribution >= 0.6 is 0 Å². The van der Waals surface area contributed by atoms with E-state index in [9.17, 15) is 13.6 Å². The van der Waals surface area contributed by atoms with E-state index in [0.717, 1.165) is 49.8 Å². The predicted molar refractivity (Wildman–Crippen MR) is 107 cm³/mol. The minimum atomic E-state index is -1.02. The van der Waals surface area contributed by atoms with Crippen LogP contribution in [0.25, 0.3) is 0 Å². The first-order chi connectivity index (χ1) is 14.1. The summed E-state index contributed by atoms with van der Waals surface area (Å²) in [5, 5.41) is 2.51. The molecule has 1 aliphatic rings. The second-order valence-electron chi connectivity index (χ2n) is 6.65. The normalized spacial score (nSPS) is 14.0. The van der Waals surface area contributed by atoms with Crippen molar-refractivity contribution >= 4 is 23.1 Å². The first-order valence-electron chi connectivity index (χ1n) is 9.23. The lowest BCUT2D eigenvalue weighted by Crippen LogP contribution is -2.46. The van der Waals surface area contributed by atoms with E-state index in [0.29, 0.717) is 0 Å². The number of carbonyl (C=O) groups excluding carboxylic acids is 1. The maximum absolute atomic E-state index is 13.3. The molecule has 6 nitrogen and oxygen atoms in total. The minimum Gasteiger partial charge on any atom is -0.367 e. The molecule has 3 heterocycles. The monoisotopic (exact) mass is 395 g/mol. The van der Waals surface area contributed by atoms with E-state index in [2.05, 4.69) is 25.1 Å². The van der Waals surface area contributed by atoms with E-state index in [-0.39, 0.29) is 11.4 Å². The number of piperazine rings is 1. The predicted octanol–water partition coefficient (Wildman–Crippen LogP) is 3.33. The topological polar surface area (TPSA) is 61.4 Å². The second-order valence-corrected chi connectivity index (χ2v) is 6.65. The Balaban J connectivity index is 1.36. The molecule has 0 atom stereocenters. The van der Waals surface area contributed by atoms with Crippen molar-refractivity contribution in [2.45, 2.75) is 0 Å². The van der Waals surface area contributed by atoms with Crippen molar-refractivity contribution in [3.05, 3.63) is 78.3 Å². The lowest BCUT2D eigenvalue weighted by atomic mass is 10.2. The number of amides is 1. The van der Waals surface area contributed by atoms with E-state index in [1.54, 1.807) is 18.5 Å². The molecule has 1 N–H and O–H groups in total. The van der Waals surface area contributed by atoms with E-state index in [4.69, 9.17) is 0 Å². The van der Waals surface area contributed by atoms with Gasteiger partial charge in [-0.2, -0.15) is 0 Å². The Labute approximate surface area is 166 Å². The Kier molecular flexibility index (Phi) is 5.33. The lowest BCUT2D eigenvalue weighted by molar-refractivity contribution is 0.102. The molecular formula is C21H19F2N5O. The zero-order valence-electron chi connectivity index (χ0n) is 15.6. The number of hydrogen-bond donors (Lipinski definition) is 1. The van der Waals surface area contributed by atoms with E-state index in [1.807, 2.05) is 24.3 Å². The minimum absolute atomic E-state index is 0.172. The number of nitrogens with one attached hydrogen (secondary N) is 1. The summed E-state index contributed by atoms with van der Waals surface area (Å²) in [5.74, 6) is -1.50. The summed E-state index contributed by atoms with van der Waals surface area (Å²) in [6, 6.07) is 12.5. The van der Waals surface area contributed by atoms with Crippen LogP contribution in [0.1, 0.15) is 10.5 Å². The molecule has 0 bridgehead atoms. The Morgan fingerprint density at radius 1 is 0.897 bits per heavy atom. The van der Waals surface area contributed by atoms with Crippen LogP contribution < -0.4 is 15.1 Å². The van der Waals surface area contributed by atoms with Crippen molar-refractivity contribution in [2.75, 3.05) is 41.3 Å². The van der Waals surface area contributed by atoms with Crippen LogP contribution in [-0.2, 0) is 0 Å². The summed E-state index contributed by atoms with van der Waals surface area (Å²) < 4.78 is 26.3. The number of hydrogen-bond acceptors (Lipinski definition) is 5. The zero-order chi connectivity index (χ0) is 20.2. The Morgan fingerprint density at radius 3 is 2.34 bits per heavy atom. The van der Waals surface area contributed by atoms with Gasteiger partial charge in [-0.15, -0.1) is 0 Å². The van der Waals surface area contributed by atoms with Crippen molar-refractivity contribution in [3.63, 3.8) is 0 Å². The second kappa shape index (κ2) is 8.22. The molecule has 0 saturated carbocycles.